The van der Waals surface area contributed by atoms with Crippen molar-refractivity contribution < 1.29 is 19.0 Å². The van der Waals surface area contributed by atoms with Crippen LogP contribution in [0.15, 0.2) is 48.5 Å². The molecular weight excluding hydrogens is 404 g/mol. The minimum Gasteiger partial charge on any atom is -0.490 e. The van der Waals surface area contributed by atoms with Crippen LogP contribution >= 0.6 is 12.4 Å². The first-order valence-corrected chi connectivity index (χ1v) is 10.2. The molecule has 6 nitrogen and oxygen atoms in total. The van der Waals surface area contributed by atoms with Crippen LogP contribution in [0.3, 0.4) is 0 Å². The summed E-state index contributed by atoms with van der Waals surface area (Å²) in [4.78, 5) is 14.8. The minimum atomic E-state index is 0. The molecule has 30 heavy (non-hydrogen) atoms. The van der Waals surface area contributed by atoms with E-state index in [0.29, 0.717) is 42.9 Å². The summed E-state index contributed by atoms with van der Waals surface area (Å²) in [5, 5.41) is 3.29. The van der Waals surface area contributed by atoms with Crippen LogP contribution in [0.25, 0.3) is 0 Å². The van der Waals surface area contributed by atoms with E-state index in [9.17, 15) is 4.79 Å². The van der Waals surface area contributed by atoms with Gasteiger partial charge in [-0.25, -0.2) is 0 Å². The molecule has 1 saturated heterocycles. The molecule has 7 heteroatoms. The molecule has 1 heterocycles. The van der Waals surface area contributed by atoms with Gasteiger partial charge >= 0.3 is 0 Å². The van der Waals surface area contributed by atoms with Crippen molar-refractivity contribution in [3.8, 4) is 17.2 Å². The standard InChI is InChI=1S/C23H30N2O4.ClH/c1-3-27-22-17-18(23(26)25-13-11-19(24-2)12-14-25)9-10-21(22)29-16-15-28-20-7-5-4-6-8-20;/h4-10,17,19,24H,3,11-16H2,1-2H3;1H. The Morgan fingerprint density at radius 3 is 2.37 bits per heavy atom. The van der Waals surface area contributed by atoms with Gasteiger partial charge in [0, 0.05) is 24.7 Å². The third kappa shape index (κ3) is 6.54. The zero-order chi connectivity index (χ0) is 20.5. The van der Waals surface area contributed by atoms with Crippen LogP contribution in [0.4, 0.5) is 0 Å². The molecule has 1 fully saturated rings. The summed E-state index contributed by atoms with van der Waals surface area (Å²) in [5.74, 6) is 2.06. The van der Waals surface area contributed by atoms with E-state index in [-0.39, 0.29) is 18.3 Å². The highest BCUT2D eigenvalue weighted by molar-refractivity contribution is 5.95. The summed E-state index contributed by atoms with van der Waals surface area (Å²) in [5.41, 5.74) is 0.629. The molecule has 2 aromatic carbocycles. The predicted octanol–water partition coefficient (Wildman–Crippen LogP) is 3.79. The molecule has 0 radical (unpaired) electrons. The van der Waals surface area contributed by atoms with Crippen molar-refractivity contribution in [1.82, 2.24) is 10.2 Å². The fourth-order valence-corrected chi connectivity index (χ4v) is 3.41. The Labute approximate surface area is 184 Å². The van der Waals surface area contributed by atoms with Crippen LogP contribution in [-0.4, -0.2) is 56.8 Å². The average Bonchev–Trinajstić information content (AvgIpc) is 2.78. The lowest BCUT2D eigenvalue weighted by Gasteiger charge is -2.32. The Morgan fingerprint density at radius 2 is 1.70 bits per heavy atom. The average molecular weight is 435 g/mol. The van der Waals surface area contributed by atoms with E-state index >= 15 is 0 Å². The molecule has 3 rings (SSSR count). The van der Waals surface area contributed by atoms with Gasteiger partial charge in [-0.2, -0.15) is 0 Å². The van der Waals surface area contributed by atoms with Gasteiger partial charge in [0.25, 0.3) is 5.91 Å². The molecule has 1 aliphatic heterocycles. The lowest BCUT2D eigenvalue weighted by Crippen LogP contribution is -2.43. The summed E-state index contributed by atoms with van der Waals surface area (Å²) in [7, 11) is 1.97. The van der Waals surface area contributed by atoms with Crippen LogP contribution in [0, 0.1) is 0 Å². The van der Waals surface area contributed by atoms with Crippen molar-refractivity contribution in [3.05, 3.63) is 54.1 Å². The quantitative estimate of drug-likeness (QED) is 0.608. The third-order valence-electron chi connectivity index (χ3n) is 5.03. The summed E-state index contributed by atoms with van der Waals surface area (Å²) in [6.45, 7) is 4.77. The van der Waals surface area contributed by atoms with Gasteiger partial charge in [0.2, 0.25) is 0 Å². The second-order valence-electron chi connectivity index (χ2n) is 6.96. The number of hydrogen-bond donors (Lipinski definition) is 1. The van der Waals surface area contributed by atoms with Gasteiger partial charge in [0.1, 0.15) is 19.0 Å². The van der Waals surface area contributed by atoms with Gasteiger partial charge in [0.15, 0.2) is 11.5 Å². The molecule has 1 amide bonds. The van der Waals surface area contributed by atoms with Gasteiger partial charge < -0.3 is 24.4 Å². The van der Waals surface area contributed by atoms with E-state index in [2.05, 4.69) is 5.32 Å². The first-order valence-electron chi connectivity index (χ1n) is 10.2. The highest BCUT2D eigenvalue weighted by atomic mass is 35.5. The Kier molecular flexibility index (Phi) is 9.77. The van der Waals surface area contributed by atoms with E-state index in [0.717, 1.165) is 31.7 Å². The molecule has 0 aromatic heterocycles. The normalized spacial score (nSPS) is 14.0. The predicted molar refractivity (Wildman–Crippen MR) is 120 cm³/mol. The second-order valence-corrected chi connectivity index (χ2v) is 6.96. The van der Waals surface area contributed by atoms with E-state index in [1.54, 1.807) is 12.1 Å². The smallest absolute Gasteiger partial charge is 0.253 e. The number of nitrogens with zero attached hydrogens (tertiary/aromatic N) is 1. The summed E-state index contributed by atoms with van der Waals surface area (Å²) >= 11 is 0. The van der Waals surface area contributed by atoms with Crippen molar-refractivity contribution in [1.29, 1.82) is 0 Å². The monoisotopic (exact) mass is 434 g/mol. The van der Waals surface area contributed by atoms with Crippen LogP contribution in [-0.2, 0) is 0 Å². The Bertz CT molecular complexity index is 780. The Hall–Kier alpha value is -2.44. The van der Waals surface area contributed by atoms with Crippen LogP contribution in [0.5, 0.6) is 17.2 Å². The van der Waals surface area contributed by atoms with Gasteiger partial charge in [0.05, 0.1) is 6.61 Å². The molecule has 1 N–H and O–H groups in total. The van der Waals surface area contributed by atoms with Gasteiger partial charge in [-0.3, -0.25) is 4.79 Å². The highest BCUT2D eigenvalue weighted by Gasteiger charge is 2.23. The molecule has 0 unspecified atom stereocenters. The van der Waals surface area contributed by atoms with E-state index in [4.69, 9.17) is 14.2 Å². The van der Waals surface area contributed by atoms with Crippen molar-refractivity contribution in [2.24, 2.45) is 0 Å². The van der Waals surface area contributed by atoms with Crippen molar-refractivity contribution in [2.45, 2.75) is 25.8 Å². The summed E-state index contributed by atoms with van der Waals surface area (Å²) in [6.07, 6.45) is 1.95. The Balaban J connectivity index is 0.00000320. The maximum atomic E-state index is 12.9. The largest absolute Gasteiger partial charge is 0.490 e. The lowest BCUT2D eigenvalue weighted by atomic mass is 10.0. The van der Waals surface area contributed by atoms with Crippen LogP contribution in [0.2, 0.25) is 0 Å². The number of nitrogens with one attached hydrogen (secondary N) is 1. The third-order valence-corrected chi connectivity index (χ3v) is 5.03. The van der Waals surface area contributed by atoms with Gasteiger partial charge in [-0.1, -0.05) is 18.2 Å². The van der Waals surface area contributed by atoms with Crippen molar-refractivity contribution in [3.63, 3.8) is 0 Å². The zero-order valence-electron chi connectivity index (χ0n) is 17.6. The minimum absolute atomic E-state index is 0. The van der Waals surface area contributed by atoms with E-state index < -0.39 is 0 Å². The van der Waals surface area contributed by atoms with E-state index in [1.165, 1.54) is 0 Å². The van der Waals surface area contributed by atoms with Crippen molar-refractivity contribution >= 4 is 18.3 Å². The number of carbonyl (C=O) groups is 1. The molecule has 2 aromatic rings. The molecule has 164 valence electrons. The lowest BCUT2D eigenvalue weighted by molar-refractivity contribution is 0.0706. The molecule has 0 aliphatic carbocycles. The van der Waals surface area contributed by atoms with E-state index in [1.807, 2.05) is 55.3 Å². The fraction of sp³-hybridized carbons (Fsp3) is 0.435. The zero-order valence-corrected chi connectivity index (χ0v) is 18.5. The SMILES string of the molecule is CCOc1cc(C(=O)N2CCC(NC)CC2)ccc1OCCOc1ccccc1.Cl. The second kappa shape index (κ2) is 12.3. The number of rotatable bonds is 9. The topological polar surface area (TPSA) is 60.0 Å². The summed E-state index contributed by atoms with van der Waals surface area (Å²) in [6, 6.07) is 15.5. The van der Waals surface area contributed by atoms with Gasteiger partial charge in [-0.15, -0.1) is 12.4 Å². The number of hydrogen-bond acceptors (Lipinski definition) is 5. The highest BCUT2D eigenvalue weighted by Crippen LogP contribution is 2.29. The van der Waals surface area contributed by atoms with Crippen LogP contribution in [0.1, 0.15) is 30.1 Å². The molecule has 0 spiro atoms. The number of benzene rings is 2. The number of halogens is 1. The molecular formula is C23H31ClN2O4. The summed E-state index contributed by atoms with van der Waals surface area (Å²) < 4.78 is 17.2. The number of ether oxygens (including phenoxy) is 3. The van der Waals surface area contributed by atoms with Crippen molar-refractivity contribution in [2.75, 3.05) is 40.0 Å². The maximum Gasteiger partial charge on any atom is 0.253 e. The first-order chi connectivity index (χ1) is 14.2. The fourth-order valence-electron chi connectivity index (χ4n) is 3.41. The first kappa shape index (κ1) is 23.8. The molecule has 0 saturated carbocycles. The molecule has 0 atom stereocenters. The number of carbonyl (C=O) groups excluding carboxylic acids is 1. The Morgan fingerprint density at radius 1 is 1.00 bits per heavy atom. The number of amides is 1. The molecule has 1 aliphatic rings. The van der Waals surface area contributed by atoms with Gasteiger partial charge in [-0.05, 0) is 57.1 Å². The van der Waals surface area contributed by atoms with Crippen LogP contribution < -0.4 is 19.5 Å². The number of piperidine rings is 1. The molecule has 0 bridgehead atoms. The number of para-hydroxylation sites is 1. The maximum absolute atomic E-state index is 12.9. The number of likely N-dealkylation sites (tertiary alicyclic amines) is 1.